The van der Waals surface area contributed by atoms with E-state index in [1.165, 1.54) is 0 Å². The molecule has 7 heteroatoms. The minimum absolute atomic E-state index is 0.0403. The average Bonchev–Trinajstić information content (AvgIpc) is 3.26. The van der Waals surface area contributed by atoms with Gasteiger partial charge in [-0.25, -0.2) is 0 Å². The van der Waals surface area contributed by atoms with Crippen molar-refractivity contribution in [2.45, 2.75) is 12.7 Å². The van der Waals surface area contributed by atoms with Crippen LogP contribution in [0.2, 0.25) is 5.02 Å². The van der Waals surface area contributed by atoms with E-state index < -0.39 is 6.17 Å². The maximum atomic E-state index is 13.4. The van der Waals surface area contributed by atoms with Gasteiger partial charge in [0.1, 0.15) is 6.17 Å². The summed E-state index contributed by atoms with van der Waals surface area (Å²) in [5, 5.41) is 11.5. The zero-order chi connectivity index (χ0) is 20.5. The summed E-state index contributed by atoms with van der Waals surface area (Å²) >= 11 is 6.05. The van der Waals surface area contributed by atoms with Crippen molar-refractivity contribution in [3.8, 4) is 11.3 Å². The van der Waals surface area contributed by atoms with Crippen LogP contribution in [0.1, 0.15) is 27.7 Å². The van der Waals surface area contributed by atoms with Crippen molar-refractivity contribution in [2.75, 3.05) is 5.32 Å². The van der Waals surface area contributed by atoms with Gasteiger partial charge in [0.15, 0.2) is 0 Å². The molecule has 0 saturated heterocycles. The summed E-state index contributed by atoms with van der Waals surface area (Å²) in [5.41, 5.74) is 5.07. The van der Waals surface area contributed by atoms with Gasteiger partial charge < -0.3 is 10.2 Å². The van der Waals surface area contributed by atoms with Crippen molar-refractivity contribution >= 4 is 23.2 Å². The van der Waals surface area contributed by atoms with Crippen molar-refractivity contribution in [3.63, 3.8) is 0 Å². The molecule has 2 N–H and O–H groups in total. The van der Waals surface area contributed by atoms with Crippen molar-refractivity contribution in [3.05, 3.63) is 101 Å². The van der Waals surface area contributed by atoms with Crippen molar-refractivity contribution in [2.24, 2.45) is 0 Å². The number of amides is 1. The number of anilines is 1. The summed E-state index contributed by atoms with van der Waals surface area (Å²) in [6.45, 7) is 0.421. The molecular formula is C23H18ClN5O. The Balaban J connectivity index is 1.59. The molecule has 0 aliphatic carbocycles. The zero-order valence-electron chi connectivity index (χ0n) is 15.9. The third-order valence-electron chi connectivity index (χ3n) is 5.19. The molecule has 6 nitrogen and oxygen atoms in total. The zero-order valence-corrected chi connectivity index (χ0v) is 16.7. The first-order chi connectivity index (χ1) is 14.7. The molecule has 2 aromatic heterocycles. The minimum atomic E-state index is -0.392. The van der Waals surface area contributed by atoms with Gasteiger partial charge in [-0.15, -0.1) is 0 Å². The van der Waals surface area contributed by atoms with E-state index in [0.29, 0.717) is 17.1 Å². The molecule has 0 bridgehead atoms. The average molecular weight is 416 g/mol. The van der Waals surface area contributed by atoms with Gasteiger partial charge in [0, 0.05) is 40.8 Å². The van der Waals surface area contributed by atoms with E-state index in [-0.39, 0.29) is 5.91 Å². The number of aromatic nitrogens is 3. The highest BCUT2D eigenvalue weighted by Crippen LogP contribution is 2.37. The fourth-order valence-electron chi connectivity index (χ4n) is 3.74. The minimum Gasteiger partial charge on any atom is -0.361 e. The van der Waals surface area contributed by atoms with Crippen LogP contribution in [0.15, 0.2) is 79.3 Å². The van der Waals surface area contributed by atoms with E-state index in [1.54, 1.807) is 18.6 Å². The Hall–Kier alpha value is -3.64. The van der Waals surface area contributed by atoms with Crippen LogP contribution in [0.4, 0.5) is 5.69 Å². The fourth-order valence-corrected chi connectivity index (χ4v) is 3.87. The van der Waals surface area contributed by atoms with Gasteiger partial charge in [-0.05, 0) is 35.9 Å². The maximum absolute atomic E-state index is 13.4. The lowest BCUT2D eigenvalue weighted by Crippen LogP contribution is -2.42. The van der Waals surface area contributed by atoms with Crippen LogP contribution in [-0.2, 0) is 6.54 Å². The maximum Gasteiger partial charge on any atom is 0.258 e. The van der Waals surface area contributed by atoms with Crippen LogP contribution < -0.4 is 5.32 Å². The van der Waals surface area contributed by atoms with Gasteiger partial charge in [-0.3, -0.25) is 14.9 Å². The molecule has 4 aromatic rings. The van der Waals surface area contributed by atoms with Crippen molar-refractivity contribution in [1.29, 1.82) is 0 Å². The van der Waals surface area contributed by atoms with Crippen molar-refractivity contribution < 1.29 is 4.79 Å². The number of rotatable bonds is 4. The summed E-state index contributed by atoms with van der Waals surface area (Å²) in [6.07, 6.45) is 4.87. The lowest BCUT2D eigenvalue weighted by Gasteiger charge is -2.38. The Morgan fingerprint density at radius 3 is 2.63 bits per heavy atom. The van der Waals surface area contributed by atoms with Crippen LogP contribution in [0, 0.1) is 0 Å². The lowest BCUT2D eigenvalue weighted by molar-refractivity contribution is 0.0667. The molecule has 30 heavy (non-hydrogen) atoms. The number of hydrogen-bond acceptors (Lipinski definition) is 4. The van der Waals surface area contributed by atoms with E-state index >= 15 is 0 Å². The lowest BCUT2D eigenvalue weighted by atomic mass is 10.0. The molecule has 1 aliphatic heterocycles. The third-order valence-corrected chi connectivity index (χ3v) is 5.45. The number of nitrogens with one attached hydrogen (secondary N) is 2. The number of carbonyl (C=O) groups is 1. The molecular weight excluding hydrogens is 398 g/mol. The molecule has 0 saturated carbocycles. The Labute approximate surface area is 178 Å². The van der Waals surface area contributed by atoms with Gasteiger partial charge >= 0.3 is 0 Å². The van der Waals surface area contributed by atoms with Gasteiger partial charge in [0.2, 0.25) is 0 Å². The fraction of sp³-hybridized carbons (Fsp3) is 0.0870. The molecule has 1 amide bonds. The summed E-state index contributed by atoms with van der Waals surface area (Å²) in [6, 6.07) is 18.9. The molecule has 5 rings (SSSR count). The highest BCUT2D eigenvalue weighted by atomic mass is 35.5. The van der Waals surface area contributed by atoms with E-state index in [1.807, 2.05) is 65.6 Å². The molecule has 1 unspecified atom stereocenters. The number of fused-ring (bicyclic) bond motifs is 1. The summed E-state index contributed by atoms with van der Waals surface area (Å²) in [7, 11) is 0. The first kappa shape index (κ1) is 18.4. The SMILES string of the molecule is O=C1c2ccccc2NC(c2cn[nH]c2-c2ccc(Cl)cc2)N1Cc1cccnc1. The van der Waals surface area contributed by atoms with Gasteiger partial charge in [0.25, 0.3) is 5.91 Å². The molecule has 0 radical (unpaired) electrons. The van der Waals surface area contributed by atoms with Gasteiger partial charge in [-0.1, -0.05) is 41.9 Å². The predicted molar refractivity (Wildman–Crippen MR) is 116 cm³/mol. The van der Waals surface area contributed by atoms with Crippen LogP contribution in [0.25, 0.3) is 11.3 Å². The van der Waals surface area contributed by atoms with Gasteiger partial charge in [-0.2, -0.15) is 5.10 Å². The quantitative estimate of drug-likeness (QED) is 0.497. The second kappa shape index (κ2) is 7.65. The number of para-hydroxylation sites is 1. The number of hydrogen-bond donors (Lipinski definition) is 2. The Kier molecular flexibility index (Phi) is 4.69. The number of H-pyrrole nitrogens is 1. The van der Waals surface area contributed by atoms with Crippen LogP contribution in [-0.4, -0.2) is 26.0 Å². The normalized spacial score (nSPS) is 15.6. The number of halogens is 1. The third kappa shape index (κ3) is 3.31. The molecule has 0 fully saturated rings. The Bertz CT molecular complexity index is 1190. The second-order valence-electron chi connectivity index (χ2n) is 7.09. The molecule has 1 aliphatic rings. The van der Waals surface area contributed by atoms with Crippen LogP contribution in [0.3, 0.4) is 0 Å². The molecule has 0 spiro atoms. The predicted octanol–water partition coefficient (Wildman–Crippen LogP) is 4.89. The van der Waals surface area contributed by atoms with Gasteiger partial charge in [0.05, 0.1) is 17.5 Å². The molecule has 1 atom stereocenters. The largest absolute Gasteiger partial charge is 0.361 e. The highest BCUT2D eigenvalue weighted by molar-refractivity contribution is 6.30. The van der Waals surface area contributed by atoms with E-state index in [4.69, 9.17) is 11.6 Å². The molecule has 2 aromatic carbocycles. The summed E-state index contributed by atoms with van der Waals surface area (Å²) < 4.78 is 0. The molecule has 3 heterocycles. The number of aromatic amines is 1. The topological polar surface area (TPSA) is 73.9 Å². The Morgan fingerprint density at radius 1 is 1.00 bits per heavy atom. The number of pyridine rings is 1. The Morgan fingerprint density at radius 2 is 1.83 bits per heavy atom. The summed E-state index contributed by atoms with van der Waals surface area (Å²) in [5.74, 6) is -0.0403. The monoisotopic (exact) mass is 415 g/mol. The van der Waals surface area contributed by atoms with Crippen molar-refractivity contribution in [1.82, 2.24) is 20.1 Å². The summed E-state index contributed by atoms with van der Waals surface area (Å²) in [4.78, 5) is 19.4. The van der Waals surface area contributed by atoms with E-state index in [0.717, 1.165) is 28.1 Å². The van der Waals surface area contributed by atoms with E-state index in [9.17, 15) is 4.79 Å². The number of benzene rings is 2. The van der Waals surface area contributed by atoms with Crippen LogP contribution >= 0.6 is 11.6 Å². The smallest absolute Gasteiger partial charge is 0.258 e. The highest BCUT2D eigenvalue weighted by Gasteiger charge is 2.35. The molecule has 148 valence electrons. The van der Waals surface area contributed by atoms with Crippen LogP contribution in [0.5, 0.6) is 0 Å². The number of carbonyl (C=O) groups excluding carboxylic acids is 1. The van der Waals surface area contributed by atoms with E-state index in [2.05, 4.69) is 20.5 Å². The number of nitrogens with zero attached hydrogens (tertiary/aromatic N) is 3. The first-order valence-electron chi connectivity index (χ1n) is 9.55. The second-order valence-corrected chi connectivity index (χ2v) is 7.53. The first-order valence-corrected chi connectivity index (χ1v) is 9.93. The standard InChI is InChI=1S/C23H18ClN5O/c24-17-9-7-16(8-10-17)21-19(13-26-28-21)22-27-20-6-2-1-5-18(20)23(30)29(22)14-15-4-3-11-25-12-15/h1-13,22,27H,14H2,(H,26,28).